The van der Waals surface area contributed by atoms with Crippen LogP contribution >= 0.6 is 0 Å². The lowest BCUT2D eigenvalue weighted by Gasteiger charge is -2.47. The number of rotatable bonds is 0. The van der Waals surface area contributed by atoms with Gasteiger partial charge in [0.25, 0.3) is 0 Å². The highest BCUT2D eigenvalue weighted by atomic mass is 16.3. The Bertz CT molecular complexity index is 770. The molecular weight excluding hydrogens is 260 g/mol. The number of carbonyl (C=O) groups is 1. The molecule has 2 unspecified atom stereocenters. The van der Waals surface area contributed by atoms with Crippen LogP contribution in [-0.2, 0) is 4.79 Å². The zero-order chi connectivity index (χ0) is 14.1. The average molecular weight is 274 g/mol. The summed E-state index contributed by atoms with van der Waals surface area (Å²) in [5, 5.41) is 10.3. The molecule has 0 fully saturated rings. The highest BCUT2D eigenvalue weighted by Gasteiger charge is 2.55. The van der Waals surface area contributed by atoms with Crippen LogP contribution in [0.2, 0.25) is 0 Å². The second kappa shape index (κ2) is 3.64. The molecule has 0 saturated heterocycles. The van der Waals surface area contributed by atoms with E-state index in [4.69, 9.17) is 0 Å². The van der Waals surface area contributed by atoms with E-state index >= 15 is 0 Å². The van der Waals surface area contributed by atoms with E-state index < -0.39 is 0 Å². The molecule has 4 aliphatic carbocycles. The summed E-state index contributed by atoms with van der Waals surface area (Å²) in [6.07, 6.45) is 1.45. The first kappa shape index (κ1) is 11.3. The van der Waals surface area contributed by atoms with Gasteiger partial charge in [0, 0.05) is 29.7 Å². The Balaban J connectivity index is 1.87. The number of ketones is 1. The normalized spacial score (nSPS) is 31.4. The first-order valence-electron chi connectivity index (χ1n) is 7.39. The van der Waals surface area contributed by atoms with Gasteiger partial charge in [-0.15, -0.1) is 0 Å². The Morgan fingerprint density at radius 2 is 1.14 bits per heavy atom. The second-order valence-electron chi connectivity index (χ2n) is 6.24. The minimum absolute atomic E-state index is 0.0766. The van der Waals surface area contributed by atoms with E-state index in [0.717, 1.165) is 0 Å². The summed E-state index contributed by atoms with van der Waals surface area (Å²) in [5.74, 6) is 0.337. The van der Waals surface area contributed by atoms with Crippen molar-refractivity contribution in [1.82, 2.24) is 0 Å². The molecule has 2 aromatic carbocycles. The molecule has 102 valence electrons. The van der Waals surface area contributed by atoms with Gasteiger partial charge in [-0.2, -0.15) is 0 Å². The van der Waals surface area contributed by atoms with Crippen molar-refractivity contribution < 1.29 is 9.90 Å². The predicted octanol–water partition coefficient (Wildman–Crippen LogP) is 3.53. The predicted molar refractivity (Wildman–Crippen MR) is 79.3 cm³/mol. The number of aliphatic hydroxyl groups is 1. The molecule has 2 heteroatoms. The Hall–Kier alpha value is -2.35. The van der Waals surface area contributed by atoms with Crippen LogP contribution in [-0.4, -0.2) is 10.9 Å². The molecule has 2 bridgehead atoms. The number of carbonyl (C=O) groups excluding carboxylic acids is 1. The summed E-state index contributed by atoms with van der Waals surface area (Å²) >= 11 is 0. The zero-order valence-electron chi connectivity index (χ0n) is 11.4. The van der Waals surface area contributed by atoms with Crippen molar-refractivity contribution in [3.8, 4) is 0 Å². The largest absolute Gasteiger partial charge is 0.512 e. The van der Waals surface area contributed by atoms with E-state index in [2.05, 4.69) is 36.4 Å². The van der Waals surface area contributed by atoms with Crippen LogP contribution in [0.5, 0.6) is 0 Å². The summed E-state index contributed by atoms with van der Waals surface area (Å²) in [5.41, 5.74) is 5.08. The Morgan fingerprint density at radius 3 is 1.62 bits per heavy atom. The van der Waals surface area contributed by atoms with E-state index in [1.165, 1.54) is 28.3 Å². The lowest BCUT2D eigenvalue weighted by Crippen LogP contribution is -2.41. The van der Waals surface area contributed by atoms with Crippen LogP contribution in [0.25, 0.3) is 0 Å². The van der Waals surface area contributed by atoms with Crippen LogP contribution in [0.3, 0.4) is 0 Å². The van der Waals surface area contributed by atoms with Gasteiger partial charge in [-0.1, -0.05) is 48.5 Å². The van der Waals surface area contributed by atoms with E-state index in [0.29, 0.717) is 0 Å². The van der Waals surface area contributed by atoms with Crippen LogP contribution in [0.4, 0.5) is 0 Å². The van der Waals surface area contributed by atoms with E-state index in [1.807, 2.05) is 12.1 Å². The molecule has 0 spiro atoms. The van der Waals surface area contributed by atoms with Gasteiger partial charge in [0.2, 0.25) is 0 Å². The standard InChI is InChI=1S/C19H14O2/c20-14-9-15(21)19-17-11-6-2-1-5-10(11)16(18(14)19)12-7-3-4-8-13(12)17/h1-9,16-20H. The van der Waals surface area contributed by atoms with E-state index in [-0.39, 0.29) is 35.2 Å². The second-order valence-corrected chi connectivity index (χ2v) is 6.24. The Labute approximate surface area is 122 Å². The van der Waals surface area contributed by atoms with Crippen molar-refractivity contribution in [1.29, 1.82) is 0 Å². The van der Waals surface area contributed by atoms with Gasteiger partial charge in [0.05, 0.1) is 0 Å². The quantitative estimate of drug-likeness (QED) is 0.798. The number of hydrogen-bond acceptors (Lipinski definition) is 2. The minimum Gasteiger partial charge on any atom is -0.512 e. The summed E-state index contributed by atoms with van der Waals surface area (Å²) in [7, 11) is 0. The Morgan fingerprint density at radius 1 is 0.714 bits per heavy atom. The smallest absolute Gasteiger partial charge is 0.163 e. The summed E-state index contributed by atoms with van der Waals surface area (Å²) in [6, 6.07) is 16.8. The third kappa shape index (κ3) is 1.21. The van der Waals surface area contributed by atoms with Crippen LogP contribution in [0.15, 0.2) is 60.4 Å². The third-order valence-electron chi connectivity index (χ3n) is 5.40. The highest BCUT2D eigenvalue weighted by Crippen LogP contribution is 2.61. The lowest BCUT2D eigenvalue weighted by atomic mass is 9.54. The molecule has 6 rings (SSSR count). The van der Waals surface area contributed by atoms with Crippen molar-refractivity contribution in [3.05, 3.63) is 82.6 Å². The zero-order valence-corrected chi connectivity index (χ0v) is 11.4. The third-order valence-corrected chi connectivity index (χ3v) is 5.40. The fraction of sp³-hybridized carbons (Fsp3) is 0.211. The molecule has 2 atom stereocenters. The molecule has 21 heavy (non-hydrogen) atoms. The average Bonchev–Trinajstić information content (AvgIpc) is 2.83. The topological polar surface area (TPSA) is 37.3 Å². The molecule has 0 aromatic heterocycles. The maximum absolute atomic E-state index is 12.4. The SMILES string of the molecule is O=C1C=C(O)C2C3c4ccccc4C(c4ccccc43)C12. The number of aliphatic hydroxyl groups excluding tert-OH is 1. The molecular formula is C19H14O2. The van der Waals surface area contributed by atoms with E-state index in [1.54, 1.807) is 0 Å². The van der Waals surface area contributed by atoms with Crippen LogP contribution in [0.1, 0.15) is 34.1 Å². The molecule has 0 radical (unpaired) electrons. The minimum atomic E-state index is -0.125. The maximum atomic E-state index is 12.4. The summed E-state index contributed by atoms with van der Waals surface area (Å²) in [4.78, 5) is 12.4. The maximum Gasteiger partial charge on any atom is 0.163 e. The van der Waals surface area contributed by atoms with Crippen LogP contribution in [0, 0.1) is 11.8 Å². The molecule has 0 amide bonds. The first-order chi connectivity index (χ1) is 10.3. The van der Waals surface area contributed by atoms with Gasteiger partial charge in [0.1, 0.15) is 5.76 Å². The van der Waals surface area contributed by atoms with Gasteiger partial charge < -0.3 is 5.11 Å². The fourth-order valence-corrected chi connectivity index (χ4v) is 4.71. The van der Waals surface area contributed by atoms with Crippen molar-refractivity contribution in [2.45, 2.75) is 11.8 Å². The van der Waals surface area contributed by atoms with Crippen molar-refractivity contribution in [2.24, 2.45) is 11.8 Å². The van der Waals surface area contributed by atoms with E-state index in [9.17, 15) is 9.90 Å². The number of allylic oxidation sites excluding steroid dienone is 2. The van der Waals surface area contributed by atoms with Gasteiger partial charge in [-0.05, 0) is 22.3 Å². The molecule has 2 aromatic rings. The molecule has 1 N–H and O–H groups in total. The monoisotopic (exact) mass is 274 g/mol. The molecule has 4 aliphatic rings. The van der Waals surface area contributed by atoms with Crippen molar-refractivity contribution >= 4 is 5.78 Å². The van der Waals surface area contributed by atoms with Crippen molar-refractivity contribution in [2.75, 3.05) is 0 Å². The molecule has 0 aliphatic heterocycles. The summed E-state index contributed by atoms with van der Waals surface area (Å²) < 4.78 is 0. The number of benzene rings is 2. The van der Waals surface area contributed by atoms with Gasteiger partial charge in [0.15, 0.2) is 5.78 Å². The Kier molecular flexibility index (Phi) is 1.96. The highest BCUT2D eigenvalue weighted by molar-refractivity contribution is 5.97. The molecule has 2 nitrogen and oxygen atoms in total. The fourth-order valence-electron chi connectivity index (χ4n) is 4.71. The van der Waals surface area contributed by atoms with Crippen LogP contribution < -0.4 is 0 Å². The van der Waals surface area contributed by atoms with Gasteiger partial charge in [-0.25, -0.2) is 0 Å². The lowest BCUT2D eigenvalue weighted by molar-refractivity contribution is -0.119. The first-order valence-corrected chi connectivity index (χ1v) is 7.39. The summed E-state index contributed by atoms with van der Waals surface area (Å²) in [6.45, 7) is 0. The molecule has 0 saturated carbocycles. The van der Waals surface area contributed by atoms with Gasteiger partial charge in [-0.3, -0.25) is 4.79 Å². The van der Waals surface area contributed by atoms with Crippen molar-refractivity contribution in [3.63, 3.8) is 0 Å². The number of hydrogen-bond donors (Lipinski definition) is 1. The molecule has 0 heterocycles. The van der Waals surface area contributed by atoms with Gasteiger partial charge >= 0.3 is 0 Å².